The Hall–Kier alpha value is -2.31. The molecule has 0 nitrogen and oxygen atoms in total. The Kier molecular flexibility index (Phi) is 12.5. The molecule has 3 heteroatoms. The number of benzene rings is 4. The molecule has 0 bridgehead atoms. The molecular weight excluding hydrogens is 558 g/mol. The van der Waals surface area contributed by atoms with Crippen LogP contribution in [0.4, 0.5) is 0 Å². The first-order chi connectivity index (χ1) is 16.6. The molecule has 0 unspecified atom stereocenters. The van der Waals surface area contributed by atoms with E-state index in [-0.39, 0.29) is 24.8 Å². The van der Waals surface area contributed by atoms with Gasteiger partial charge in [0, 0.05) is 0 Å². The van der Waals surface area contributed by atoms with Crippen molar-refractivity contribution >= 4 is 28.0 Å². The molecule has 0 aliphatic heterocycles. The number of hydrogen-bond donors (Lipinski definition) is 0. The molecule has 0 spiro atoms. The van der Waals surface area contributed by atoms with Crippen LogP contribution in [0.3, 0.4) is 0 Å². The van der Waals surface area contributed by atoms with Gasteiger partial charge in [-0.25, -0.2) is 12.2 Å². The van der Waals surface area contributed by atoms with Crippen molar-refractivity contribution in [3.63, 3.8) is 0 Å². The fraction of sp³-hybridized carbons (Fsp3) is 0.121. The summed E-state index contributed by atoms with van der Waals surface area (Å²) in [6, 6.07) is 35.9. The van der Waals surface area contributed by atoms with Crippen LogP contribution in [-0.2, 0) is 30.7 Å². The Labute approximate surface area is 243 Å². The van der Waals surface area contributed by atoms with Gasteiger partial charge in [-0.05, 0) is 17.5 Å². The quantitative estimate of drug-likeness (QED) is 0.180. The van der Waals surface area contributed by atoms with Crippen LogP contribution in [0, 0.1) is 12.1 Å². The zero-order valence-corrected chi connectivity index (χ0v) is 24.7. The van der Waals surface area contributed by atoms with Gasteiger partial charge < -0.3 is 0 Å². The molecule has 2 aliphatic carbocycles. The van der Waals surface area contributed by atoms with Crippen LogP contribution in [0.25, 0.3) is 33.4 Å². The Bertz CT molecular complexity index is 1220. The number of hydrogen-bond acceptors (Lipinski definition) is 0. The molecule has 2 aliphatic rings. The van der Waals surface area contributed by atoms with Crippen molar-refractivity contribution < 1.29 is 24.2 Å². The third kappa shape index (κ3) is 8.11. The van der Waals surface area contributed by atoms with E-state index in [0.717, 1.165) is 12.8 Å². The normalized spacial score (nSPS) is 11.4. The van der Waals surface area contributed by atoms with E-state index in [0.29, 0.717) is 0 Å². The molecular formula is C33H30Cl2Zr. The molecule has 6 rings (SSSR count). The third-order valence-corrected chi connectivity index (χ3v) is 5.59. The van der Waals surface area contributed by atoms with E-state index in [1.165, 1.54) is 47.7 Å². The third-order valence-electron chi connectivity index (χ3n) is 5.59. The topological polar surface area (TPSA) is 0 Å². The minimum Gasteiger partial charge on any atom is -0.273 e. The van der Waals surface area contributed by atoms with E-state index in [2.05, 4.69) is 123 Å². The monoisotopic (exact) mass is 586 g/mol. The fourth-order valence-electron chi connectivity index (χ4n) is 4.03. The molecule has 180 valence electrons. The van der Waals surface area contributed by atoms with Crippen LogP contribution < -0.4 is 0 Å². The molecule has 0 N–H and O–H groups in total. The maximum atomic E-state index is 3.52. The van der Waals surface area contributed by atoms with Crippen molar-refractivity contribution in [3.8, 4) is 33.4 Å². The van der Waals surface area contributed by atoms with E-state index < -0.39 is 0 Å². The second kappa shape index (κ2) is 15.1. The Morgan fingerprint density at radius 1 is 0.722 bits per heavy atom. The van der Waals surface area contributed by atoms with Crippen LogP contribution in [0.5, 0.6) is 0 Å². The minimum atomic E-state index is 0. The van der Waals surface area contributed by atoms with Gasteiger partial charge in [0.2, 0.25) is 0 Å². The Morgan fingerprint density at radius 3 is 1.83 bits per heavy atom. The average molecular weight is 589 g/mol. The first-order valence-electron chi connectivity index (χ1n) is 11.6. The van der Waals surface area contributed by atoms with E-state index in [9.17, 15) is 0 Å². The van der Waals surface area contributed by atoms with Gasteiger partial charge in [0.1, 0.15) is 0 Å². The molecule has 0 heterocycles. The molecule has 0 atom stereocenters. The van der Waals surface area contributed by atoms with Crippen molar-refractivity contribution in [2.24, 2.45) is 0 Å². The van der Waals surface area contributed by atoms with Gasteiger partial charge in [-0.2, -0.15) is 29.8 Å². The van der Waals surface area contributed by atoms with Crippen LogP contribution in [0.15, 0.2) is 109 Å². The van der Waals surface area contributed by atoms with Crippen LogP contribution in [0.2, 0.25) is 0 Å². The largest absolute Gasteiger partial charge is 0.273 e. The van der Waals surface area contributed by atoms with Gasteiger partial charge in [-0.1, -0.05) is 95.6 Å². The molecule has 0 amide bonds. The molecule has 0 saturated carbocycles. The maximum Gasteiger partial charge on any atom is -0.0184 e. The van der Waals surface area contributed by atoms with Gasteiger partial charge in [-0.3, -0.25) is 6.08 Å². The van der Waals surface area contributed by atoms with Crippen LogP contribution >= 0.6 is 24.8 Å². The standard InChI is InChI=1S/C25H17.C5H5.C3H6.2ClH.Zr/c1-3-7-18(8-4-1)20-11-13-22-15-23-14-12-21(17-25(23)24(22)16-20)19-9-5-2-6-10-19;1-2-4-5-3-1;1-3-2;;;/h1-13,16-17H,15H2;1-3H,4H2;1-2H3;2*1H;/q2*-1;;;;+2. The van der Waals surface area contributed by atoms with Crippen molar-refractivity contribution in [1.82, 2.24) is 0 Å². The first kappa shape index (κ1) is 29.9. The van der Waals surface area contributed by atoms with Gasteiger partial charge in [0.25, 0.3) is 0 Å². The molecule has 4 aromatic carbocycles. The average Bonchev–Trinajstić information content (AvgIpc) is 3.56. The van der Waals surface area contributed by atoms with Gasteiger partial charge in [0.15, 0.2) is 0 Å². The fourth-order valence-corrected chi connectivity index (χ4v) is 4.03. The van der Waals surface area contributed by atoms with Crippen LogP contribution in [0.1, 0.15) is 31.4 Å². The summed E-state index contributed by atoms with van der Waals surface area (Å²) < 4.78 is 1.51. The van der Waals surface area contributed by atoms with Crippen molar-refractivity contribution in [3.05, 3.63) is 132 Å². The summed E-state index contributed by atoms with van der Waals surface area (Å²) in [6.07, 6.45) is 11.0. The Balaban J connectivity index is 0.000000357. The first-order valence-corrected chi connectivity index (χ1v) is 12.9. The Morgan fingerprint density at radius 2 is 1.31 bits per heavy atom. The SMILES string of the molecule is C[C](C)=[Zr+2].Cl.Cl.[C-]1=CC=CC1.[c-]1cc(-c2ccccc2)cc2c1Cc1ccc(-c3ccccc3)cc1-2. The number of allylic oxidation sites excluding steroid dienone is 4. The summed E-state index contributed by atoms with van der Waals surface area (Å²) in [5.74, 6) is 0. The summed E-state index contributed by atoms with van der Waals surface area (Å²) >= 11 is 1.55. The number of rotatable bonds is 2. The van der Waals surface area contributed by atoms with Crippen molar-refractivity contribution in [1.29, 1.82) is 0 Å². The smallest absolute Gasteiger partial charge is 0.0184 e. The van der Waals surface area contributed by atoms with Gasteiger partial charge in [-0.15, -0.1) is 42.4 Å². The molecule has 0 saturated heterocycles. The zero-order valence-electron chi connectivity index (χ0n) is 20.6. The number of fused-ring (bicyclic) bond motifs is 3. The zero-order chi connectivity index (χ0) is 23.8. The van der Waals surface area contributed by atoms with E-state index in [1.807, 2.05) is 12.2 Å². The summed E-state index contributed by atoms with van der Waals surface area (Å²) in [7, 11) is 0. The summed E-state index contributed by atoms with van der Waals surface area (Å²) in [4.78, 5) is 0. The molecule has 4 aromatic rings. The molecule has 0 aromatic heterocycles. The number of halogens is 2. The van der Waals surface area contributed by atoms with E-state index >= 15 is 0 Å². The maximum absolute atomic E-state index is 3.52. The summed E-state index contributed by atoms with van der Waals surface area (Å²) in [5, 5.41) is 0. The molecule has 36 heavy (non-hydrogen) atoms. The van der Waals surface area contributed by atoms with Crippen LogP contribution in [-0.4, -0.2) is 3.21 Å². The van der Waals surface area contributed by atoms with E-state index in [4.69, 9.17) is 0 Å². The van der Waals surface area contributed by atoms with E-state index in [1.54, 1.807) is 24.2 Å². The van der Waals surface area contributed by atoms with Crippen molar-refractivity contribution in [2.45, 2.75) is 26.7 Å². The second-order valence-corrected chi connectivity index (χ2v) is 11.0. The van der Waals surface area contributed by atoms with Gasteiger partial charge in [0.05, 0.1) is 0 Å². The summed E-state index contributed by atoms with van der Waals surface area (Å²) in [5.41, 5.74) is 10.4. The predicted octanol–water partition coefficient (Wildman–Crippen LogP) is 9.29. The van der Waals surface area contributed by atoms with Crippen molar-refractivity contribution in [2.75, 3.05) is 0 Å². The minimum absolute atomic E-state index is 0. The predicted molar refractivity (Wildman–Crippen MR) is 157 cm³/mol. The summed E-state index contributed by atoms with van der Waals surface area (Å²) in [6.45, 7) is 4.25. The molecule has 0 radical (unpaired) electrons. The molecule has 0 fully saturated rings. The second-order valence-electron chi connectivity index (χ2n) is 8.56. The van der Waals surface area contributed by atoms with Gasteiger partial charge >= 0.3 is 41.3 Å².